The maximum atomic E-state index is 11.7. The topological polar surface area (TPSA) is 52.3 Å². The van der Waals surface area contributed by atoms with Crippen LogP contribution < -0.4 is 5.73 Å². The van der Waals surface area contributed by atoms with Crippen LogP contribution in [0.25, 0.3) is 0 Å². The monoisotopic (exact) mass is 227 g/mol. The molecule has 0 saturated carbocycles. The molecule has 2 rings (SSSR count). The molecule has 3 heteroatoms. The number of nitrogen functional groups attached to an aromatic ring is 1. The van der Waals surface area contributed by atoms with Gasteiger partial charge in [0.15, 0.2) is 0 Å². The number of anilines is 1. The molecule has 3 nitrogen and oxygen atoms in total. The second-order valence-electron chi connectivity index (χ2n) is 3.69. The van der Waals surface area contributed by atoms with Crippen LogP contribution in [0.15, 0.2) is 54.6 Å². The van der Waals surface area contributed by atoms with Gasteiger partial charge in [0.1, 0.15) is 6.61 Å². The van der Waals surface area contributed by atoms with Crippen LogP contribution >= 0.6 is 0 Å². The smallest absolute Gasteiger partial charge is 0.338 e. The Bertz CT molecular complexity index is 509. The molecule has 2 aromatic carbocycles. The minimum Gasteiger partial charge on any atom is -0.457 e. The van der Waals surface area contributed by atoms with Gasteiger partial charge in [0.2, 0.25) is 0 Å². The first-order valence-corrected chi connectivity index (χ1v) is 5.32. The van der Waals surface area contributed by atoms with E-state index in [-0.39, 0.29) is 12.6 Å². The molecule has 0 unspecified atom stereocenters. The summed E-state index contributed by atoms with van der Waals surface area (Å²) >= 11 is 0. The average molecular weight is 227 g/mol. The minimum atomic E-state index is -0.360. The van der Waals surface area contributed by atoms with Gasteiger partial charge in [0.05, 0.1) is 5.56 Å². The summed E-state index contributed by atoms with van der Waals surface area (Å²) in [5.41, 5.74) is 7.59. The van der Waals surface area contributed by atoms with Crippen molar-refractivity contribution in [2.24, 2.45) is 0 Å². The van der Waals surface area contributed by atoms with Crippen LogP contribution in [0.4, 0.5) is 5.69 Å². The Hall–Kier alpha value is -2.29. The van der Waals surface area contributed by atoms with E-state index in [1.54, 1.807) is 24.3 Å². The number of carbonyl (C=O) groups is 1. The fraction of sp³-hybridized carbons (Fsp3) is 0.0714. The number of esters is 1. The van der Waals surface area contributed by atoms with Crippen molar-refractivity contribution in [3.05, 3.63) is 65.7 Å². The molecule has 2 aromatic rings. The molecule has 0 atom stereocenters. The Kier molecular flexibility index (Phi) is 3.40. The van der Waals surface area contributed by atoms with E-state index in [1.165, 1.54) is 0 Å². The van der Waals surface area contributed by atoms with Gasteiger partial charge >= 0.3 is 5.97 Å². The molecular weight excluding hydrogens is 214 g/mol. The highest BCUT2D eigenvalue weighted by molar-refractivity contribution is 5.90. The summed E-state index contributed by atoms with van der Waals surface area (Å²) < 4.78 is 5.17. The molecule has 0 radical (unpaired) electrons. The van der Waals surface area contributed by atoms with Gasteiger partial charge in [-0.25, -0.2) is 4.79 Å². The highest BCUT2D eigenvalue weighted by Gasteiger charge is 2.06. The summed E-state index contributed by atoms with van der Waals surface area (Å²) in [4.78, 5) is 11.7. The lowest BCUT2D eigenvalue weighted by Crippen LogP contribution is -2.05. The summed E-state index contributed by atoms with van der Waals surface area (Å²) in [6, 6.07) is 16.3. The van der Waals surface area contributed by atoms with Crippen molar-refractivity contribution in [1.82, 2.24) is 0 Å². The summed E-state index contributed by atoms with van der Waals surface area (Å²) in [5, 5.41) is 0. The molecule has 17 heavy (non-hydrogen) atoms. The Morgan fingerprint density at radius 2 is 1.82 bits per heavy atom. The second-order valence-corrected chi connectivity index (χ2v) is 3.69. The van der Waals surface area contributed by atoms with Crippen LogP contribution in [0.1, 0.15) is 15.9 Å². The number of ether oxygens (including phenoxy) is 1. The zero-order valence-corrected chi connectivity index (χ0v) is 9.30. The van der Waals surface area contributed by atoms with Crippen molar-refractivity contribution >= 4 is 11.7 Å². The zero-order chi connectivity index (χ0) is 12.1. The van der Waals surface area contributed by atoms with Gasteiger partial charge < -0.3 is 10.5 Å². The van der Waals surface area contributed by atoms with Gasteiger partial charge in [-0.15, -0.1) is 0 Å². The molecular formula is C14H13NO2. The second kappa shape index (κ2) is 5.16. The summed E-state index contributed by atoms with van der Waals surface area (Å²) in [7, 11) is 0. The van der Waals surface area contributed by atoms with Crippen LogP contribution in [0.5, 0.6) is 0 Å². The predicted molar refractivity (Wildman–Crippen MR) is 66.4 cm³/mol. The third kappa shape index (κ3) is 3.08. The first kappa shape index (κ1) is 11.2. The third-order valence-corrected chi connectivity index (χ3v) is 2.34. The van der Waals surface area contributed by atoms with Crippen molar-refractivity contribution in [2.45, 2.75) is 6.61 Å². The van der Waals surface area contributed by atoms with Crippen LogP contribution in [0.2, 0.25) is 0 Å². The van der Waals surface area contributed by atoms with E-state index in [2.05, 4.69) is 0 Å². The molecule has 0 saturated heterocycles. The lowest BCUT2D eigenvalue weighted by atomic mass is 10.2. The van der Waals surface area contributed by atoms with Crippen molar-refractivity contribution in [3.63, 3.8) is 0 Å². The van der Waals surface area contributed by atoms with Crippen LogP contribution in [0.3, 0.4) is 0 Å². The standard InChI is InChI=1S/C14H13NO2/c15-13-8-4-7-12(9-13)14(16)17-10-11-5-2-1-3-6-11/h1-9H,10,15H2. The van der Waals surface area contributed by atoms with Crippen LogP contribution in [-0.4, -0.2) is 5.97 Å². The third-order valence-electron chi connectivity index (χ3n) is 2.34. The quantitative estimate of drug-likeness (QED) is 0.647. The number of rotatable bonds is 3. The minimum absolute atomic E-state index is 0.272. The summed E-state index contributed by atoms with van der Waals surface area (Å²) in [6.07, 6.45) is 0. The molecule has 0 aliphatic carbocycles. The molecule has 0 aromatic heterocycles. The molecule has 2 N–H and O–H groups in total. The molecule has 86 valence electrons. The highest BCUT2D eigenvalue weighted by Crippen LogP contribution is 2.09. The molecule has 0 bridgehead atoms. The number of nitrogens with two attached hydrogens (primary N) is 1. The number of hydrogen-bond acceptors (Lipinski definition) is 3. The average Bonchev–Trinajstić information content (AvgIpc) is 2.37. The molecule has 0 aliphatic rings. The highest BCUT2D eigenvalue weighted by atomic mass is 16.5. The lowest BCUT2D eigenvalue weighted by molar-refractivity contribution is 0.0473. The van der Waals surface area contributed by atoms with E-state index >= 15 is 0 Å². The number of carbonyl (C=O) groups excluding carboxylic acids is 1. The van der Waals surface area contributed by atoms with Crippen LogP contribution in [0, 0.1) is 0 Å². The normalized spacial score (nSPS) is 9.88. The molecule has 0 spiro atoms. The number of benzene rings is 2. The molecule has 0 amide bonds. The van der Waals surface area contributed by atoms with E-state index in [1.807, 2.05) is 30.3 Å². The number of hydrogen-bond donors (Lipinski definition) is 1. The van der Waals surface area contributed by atoms with Crippen molar-refractivity contribution in [1.29, 1.82) is 0 Å². The first-order chi connectivity index (χ1) is 8.25. The van der Waals surface area contributed by atoms with E-state index in [0.29, 0.717) is 11.3 Å². The predicted octanol–water partition coefficient (Wildman–Crippen LogP) is 2.63. The molecule has 0 aliphatic heterocycles. The van der Waals surface area contributed by atoms with E-state index in [0.717, 1.165) is 5.56 Å². The van der Waals surface area contributed by atoms with Crippen molar-refractivity contribution in [2.75, 3.05) is 5.73 Å². The zero-order valence-electron chi connectivity index (χ0n) is 9.30. The summed E-state index contributed by atoms with van der Waals surface area (Å²) in [5.74, 6) is -0.360. The van der Waals surface area contributed by atoms with E-state index < -0.39 is 0 Å². The van der Waals surface area contributed by atoms with Gasteiger partial charge in [-0.2, -0.15) is 0 Å². The van der Waals surface area contributed by atoms with Crippen molar-refractivity contribution in [3.8, 4) is 0 Å². The van der Waals surface area contributed by atoms with Gasteiger partial charge in [0.25, 0.3) is 0 Å². The SMILES string of the molecule is Nc1cccc(C(=O)OCc2ccccc2)c1. The lowest BCUT2D eigenvalue weighted by Gasteiger charge is -2.05. The van der Waals surface area contributed by atoms with Gasteiger partial charge in [-0.1, -0.05) is 36.4 Å². The largest absolute Gasteiger partial charge is 0.457 e. The Balaban J connectivity index is 1.98. The van der Waals surface area contributed by atoms with Gasteiger partial charge in [0, 0.05) is 5.69 Å². The maximum absolute atomic E-state index is 11.7. The fourth-order valence-electron chi connectivity index (χ4n) is 1.47. The Labute approximate surface area is 99.8 Å². The van der Waals surface area contributed by atoms with E-state index in [9.17, 15) is 4.79 Å². The first-order valence-electron chi connectivity index (χ1n) is 5.32. The fourth-order valence-corrected chi connectivity index (χ4v) is 1.47. The maximum Gasteiger partial charge on any atom is 0.338 e. The van der Waals surface area contributed by atoms with Gasteiger partial charge in [-0.3, -0.25) is 0 Å². The molecule has 0 heterocycles. The van der Waals surface area contributed by atoms with Crippen LogP contribution in [-0.2, 0) is 11.3 Å². The van der Waals surface area contributed by atoms with Crippen molar-refractivity contribution < 1.29 is 9.53 Å². The summed E-state index contributed by atoms with van der Waals surface area (Å²) in [6.45, 7) is 0.272. The van der Waals surface area contributed by atoms with Gasteiger partial charge in [-0.05, 0) is 23.8 Å². The Morgan fingerprint density at radius 3 is 2.53 bits per heavy atom. The van der Waals surface area contributed by atoms with E-state index in [4.69, 9.17) is 10.5 Å². The Morgan fingerprint density at radius 1 is 1.06 bits per heavy atom. The molecule has 0 fully saturated rings.